The van der Waals surface area contributed by atoms with Crippen LogP contribution in [-0.2, 0) is 0 Å². The fourth-order valence-electron chi connectivity index (χ4n) is 2.26. The summed E-state index contributed by atoms with van der Waals surface area (Å²) in [5, 5.41) is 16.4. The van der Waals surface area contributed by atoms with Gasteiger partial charge in [0.15, 0.2) is 0 Å². The highest BCUT2D eigenvalue weighted by Gasteiger charge is 2.19. The highest BCUT2D eigenvalue weighted by Crippen LogP contribution is 2.17. The number of benzene rings is 1. The maximum Gasteiger partial charge on any atom is 0.254 e. The monoisotopic (exact) mass is 301 g/mol. The summed E-state index contributed by atoms with van der Waals surface area (Å²) in [6, 6.07) is 7.82. The minimum Gasteiger partial charge on any atom is -0.396 e. The first-order valence-corrected chi connectivity index (χ1v) is 7.48. The molecule has 0 radical (unpaired) electrons. The minimum absolute atomic E-state index is 0.00988. The van der Waals surface area contributed by atoms with Crippen molar-refractivity contribution in [1.82, 2.24) is 15.1 Å². The Labute approximate surface area is 131 Å². The van der Waals surface area contributed by atoms with Crippen LogP contribution in [0.25, 0.3) is 5.69 Å². The van der Waals surface area contributed by atoms with Gasteiger partial charge in [-0.25, -0.2) is 4.68 Å². The fourth-order valence-corrected chi connectivity index (χ4v) is 2.26. The number of aryl methyl sites for hydroxylation is 1. The molecule has 2 aromatic rings. The van der Waals surface area contributed by atoms with Crippen molar-refractivity contribution >= 4 is 5.91 Å². The van der Waals surface area contributed by atoms with Gasteiger partial charge in [-0.3, -0.25) is 4.79 Å². The summed E-state index contributed by atoms with van der Waals surface area (Å²) in [6.45, 7) is 7.73. The Morgan fingerprint density at radius 3 is 2.64 bits per heavy atom. The van der Waals surface area contributed by atoms with Crippen molar-refractivity contribution in [2.24, 2.45) is 5.92 Å². The quantitative estimate of drug-likeness (QED) is 0.890. The van der Waals surface area contributed by atoms with Crippen molar-refractivity contribution in [1.29, 1.82) is 0 Å². The Hall–Kier alpha value is -2.14. The standard InChI is InChI=1S/C17H23N3O2/c1-11-7-5-6-8-16(11)20-14(4)15(9-18-20)17(22)19-13(3)12(2)10-21/h5-9,12-13,21H,10H2,1-4H3,(H,19,22). The number of aliphatic hydroxyl groups is 1. The molecular formula is C17H23N3O2. The largest absolute Gasteiger partial charge is 0.396 e. The van der Waals surface area contributed by atoms with Crippen LogP contribution in [0.2, 0.25) is 0 Å². The minimum atomic E-state index is -0.162. The predicted octanol–water partition coefficient (Wildman–Crippen LogP) is 2.24. The molecule has 0 saturated heterocycles. The Bertz CT molecular complexity index is 664. The van der Waals surface area contributed by atoms with Gasteiger partial charge in [-0.05, 0) is 38.3 Å². The van der Waals surface area contributed by atoms with E-state index < -0.39 is 0 Å². The number of para-hydroxylation sites is 1. The van der Waals surface area contributed by atoms with Gasteiger partial charge in [-0.2, -0.15) is 5.10 Å². The van der Waals surface area contributed by atoms with Crippen LogP contribution in [0.1, 0.15) is 35.5 Å². The highest BCUT2D eigenvalue weighted by molar-refractivity contribution is 5.95. The number of carbonyl (C=O) groups excluding carboxylic acids is 1. The van der Waals surface area contributed by atoms with E-state index in [-0.39, 0.29) is 24.5 Å². The smallest absolute Gasteiger partial charge is 0.254 e. The van der Waals surface area contributed by atoms with Crippen LogP contribution in [0.4, 0.5) is 0 Å². The second-order valence-corrected chi connectivity index (χ2v) is 5.76. The third kappa shape index (κ3) is 3.20. The van der Waals surface area contributed by atoms with Gasteiger partial charge < -0.3 is 10.4 Å². The Balaban J connectivity index is 2.25. The van der Waals surface area contributed by atoms with Crippen molar-refractivity contribution in [2.75, 3.05) is 6.61 Å². The predicted molar refractivity (Wildman–Crippen MR) is 86.2 cm³/mol. The molecule has 0 saturated carbocycles. The lowest BCUT2D eigenvalue weighted by Gasteiger charge is -2.19. The summed E-state index contributed by atoms with van der Waals surface area (Å²) in [4.78, 5) is 12.4. The summed E-state index contributed by atoms with van der Waals surface area (Å²) >= 11 is 0. The van der Waals surface area contributed by atoms with Crippen LogP contribution in [0.5, 0.6) is 0 Å². The Morgan fingerprint density at radius 1 is 1.32 bits per heavy atom. The molecule has 0 aliphatic rings. The number of amides is 1. The van der Waals surface area contributed by atoms with Gasteiger partial charge in [0.25, 0.3) is 5.91 Å². The van der Waals surface area contributed by atoms with Crippen molar-refractivity contribution in [3.8, 4) is 5.69 Å². The summed E-state index contributed by atoms with van der Waals surface area (Å²) < 4.78 is 1.78. The lowest BCUT2D eigenvalue weighted by atomic mass is 10.0. The maximum atomic E-state index is 12.4. The normalized spacial score (nSPS) is 13.7. The van der Waals surface area contributed by atoms with Crippen LogP contribution in [0.3, 0.4) is 0 Å². The number of hydrogen-bond acceptors (Lipinski definition) is 3. The van der Waals surface area contributed by atoms with E-state index in [0.717, 1.165) is 16.9 Å². The second-order valence-electron chi connectivity index (χ2n) is 5.76. The average Bonchev–Trinajstić information content (AvgIpc) is 2.88. The molecule has 5 nitrogen and oxygen atoms in total. The molecule has 2 atom stereocenters. The number of aliphatic hydroxyl groups excluding tert-OH is 1. The molecule has 5 heteroatoms. The van der Waals surface area contributed by atoms with Crippen molar-refractivity contribution < 1.29 is 9.90 Å². The number of carbonyl (C=O) groups is 1. The van der Waals surface area contributed by atoms with Crippen molar-refractivity contribution in [2.45, 2.75) is 33.7 Å². The van der Waals surface area contributed by atoms with E-state index in [1.807, 2.05) is 52.0 Å². The van der Waals surface area contributed by atoms with E-state index in [4.69, 9.17) is 5.11 Å². The first kappa shape index (κ1) is 16.2. The van der Waals surface area contributed by atoms with E-state index in [0.29, 0.717) is 5.56 Å². The SMILES string of the molecule is Cc1ccccc1-n1ncc(C(=O)NC(C)C(C)CO)c1C. The van der Waals surface area contributed by atoms with Gasteiger partial charge in [-0.15, -0.1) is 0 Å². The van der Waals surface area contributed by atoms with Crippen LogP contribution in [-0.4, -0.2) is 33.4 Å². The van der Waals surface area contributed by atoms with Gasteiger partial charge in [0, 0.05) is 12.6 Å². The topological polar surface area (TPSA) is 67.2 Å². The average molecular weight is 301 g/mol. The van der Waals surface area contributed by atoms with Gasteiger partial charge in [0.2, 0.25) is 0 Å². The third-order valence-electron chi connectivity index (χ3n) is 4.10. The third-order valence-corrected chi connectivity index (χ3v) is 4.10. The Morgan fingerprint density at radius 2 is 2.00 bits per heavy atom. The summed E-state index contributed by atoms with van der Waals surface area (Å²) in [6.07, 6.45) is 1.59. The fraction of sp³-hybridized carbons (Fsp3) is 0.412. The zero-order valence-electron chi connectivity index (χ0n) is 13.5. The number of nitrogens with one attached hydrogen (secondary N) is 1. The molecule has 118 valence electrons. The van der Waals surface area contributed by atoms with E-state index in [1.54, 1.807) is 10.9 Å². The molecule has 2 rings (SSSR count). The zero-order chi connectivity index (χ0) is 16.3. The second kappa shape index (κ2) is 6.75. The first-order valence-electron chi connectivity index (χ1n) is 7.48. The van der Waals surface area contributed by atoms with E-state index >= 15 is 0 Å². The molecule has 0 spiro atoms. The number of hydrogen-bond donors (Lipinski definition) is 2. The van der Waals surface area contributed by atoms with Gasteiger partial charge in [0.1, 0.15) is 0 Å². The highest BCUT2D eigenvalue weighted by atomic mass is 16.3. The molecule has 1 aromatic heterocycles. The number of nitrogens with zero attached hydrogens (tertiary/aromatic N) is 2. The van der Waals surface area contributed by atoms with Crippen LogP contribution in [0, 0.1) is 19.8 Å². The molecular weight excluding hydrogens is 278 g/mol. The van der Waals surface area contributed by atoms with Crippen LogP contribution < -0.4 is 5.32 Å². The number of aromatic nitrogens is 2. The van der Waals surface area contributed by atoms with Crippen LogP contribution >= 0.6 is 0 Å². The number of rotatable bonds is 5. The van der Waals surface area contributed by atoms with Gasteiger partial charge in [0.05, 0.1) is 23.1 Å². The summed E-state index contributed by atoms with van der Waals surface area (Å²) in [7, 11) is 0. The van der Waals surface area contributed by atoms with E-state index in [2.05, 4.69) is 10.4 Å². The van der Waals surface area contributed by atoms with E-state index in [1.165, 1.54) is 0 Å². The molecule has 22 heavy (non-hydrogen) atoms. The summed E-state index contributed by atoms with van der Waals surface area (Å²) in [5.41, 5.74) is 3.43. The van der Waals surface area contributed by atoms with E-state index in [9.17, 15) is 4.79 Å². The van der Waals surface area contributed by atoms with Crippen molar-refractivity contribution in [3.05, 3.63) is 47.3 Å². The Kier molecular flexibility index (Phi) is 4.98. The lowest BCUT2D eigenvalue weighted by molar-refractivity contribution is 0.0915. The molecule has 0 fully saturated rings. The molecule has 1 amide bonds. The molecule has 1 aromatic carbocycles. The maximum absolute atomic E-state index is 12.4. The summed E-state index contributed by atoms with van der Waals surface area (Å²) in [5.74, 6) is -0.152. The zero-order valence-corrected chi connectivity index (χ0v) is 13.5. The van der Waals surface area contributed by atoms with Gasteiger partial charge >= 0.3 is 0 Å². The lowest BCUT2D eigenvalue weighted by Crippen LogP contribution is -2.38. The molecule has 0 bridgehead atoms. The van der Waals surface area contributed by atoms with Gasteiger partial charge in [-0.1, -0.05) is 25.1 Å². The molecule has 1 heterocycles. The molecule has 2 unspecified atom stereocenters. The van der Waals surface area contributed by atoms with Crippen LogP contribution in [0.15, 0.2) is 30.5 Å². The molecule has 2 N–H and O–H groups in total. The molecule has 0 aliphatic carbocycles. The first-order chi connectivity index (χ1) is 10.5. The molecule has 0 aliphatic heterocycles. The van der Waals surface area contributed by atoms with Crippen molar-refractivity contribution in [3.63, 3.8) is 0 Å².